The van der Waals surface area contributed by atoms with Gasteiger partial charge in [0.15, 0.2) is 6.29 Å². The number of alkyl halides is 1. The van der Waals surface area contributed by atoms with E-state index in [1.807, 2.05) is 6.08 Å². The summed E-state index contributed by atoms with van der Waals surface area (Å²) < 4.78 is 0. The summed E-state index contributed by atoms with van der Waals surface area (Å²) in [6.45, 7) is 2.09. The molecule has 0 spiro atoms. The van der Waals surface area contributed by atoms with Crippen molar-refractivity contribution < 1.29 is 4.79 Å². The van der Waals surface area contributed by atoms with Gasteiger partial charge in [-0.2, -0.15) is 0 Å². The molecular weight excluding hydrogens is 200 g/mol. The van der Waals surface area contributed by atoms with Crippen molar-refractivity contribution in [1.82, 2.24) is 0 Å². The van der Waals surface area contributed by atoms with Crippen LogP contribution in [0.4, 0.5) is 0 Å². The van der Waals surface area contributed by atoms with Gasteiger partial charge in [-0.1, -0.05) is 28.9 Å². The highest BCUT2D eigenvalue weighted by molar-refractivity contribution is 9.09. The predicted molar refractivity (Wildman–Crippen MR) is 43.9 cm³/mol. The summed E-state index contributed by atoms with van der Waals surface area (Å²) in [5, 5.41) is 0.505. The van der Waals surface area contributed by atoms with Gasteiger partial charge < -0.3 is 0 Å². The lowest BCUT2D eigenvalue weighted by molar-refractivity contribution is -0.104. The van der Waals surface area contributed by atoms with Crippen molar-refractivity contribution in [2.45, 2.75) is 17.0 Å². The predicted octanol–water partition coefficient (Wildman–Crippen LogP) is 1.97. The fourth-order valence-electron chi connectivity index (χ4n) is 0.678. The highest BCUT2D eigenvalue weighted by Gasteiger charge is 2.21. The summed E-state index contributed by atoms with van der Waals surface area (Å²) >= 11 is 5.05. The second-order valence-electron chi connectivity index (χ2n) is 1.95. The molecule has 1 heterocycles. The topological polar surface area (TPSA) is 17.1 Å². The summed E-state index contributed by atoms with van der Waals surface area (Å²) in [7, 11) is 0. The summed E-state index contributed by atoms with van der Waals surface area (Å²) in [5.74, 6) is 0. The van der Waals surface area contributed by atoms with Crippen LogP contribution in [-0.2, 0) is 4.79 Å². The summed E-state index contributed by atoms with van der Waals surface area (Å²) in [4.78, 5) is 11.4. The second-order valence-corrected chi connectivity index (χ2v) is 4.46. The summed E-state index contributed by atoms with van der Waals surface area (Å²) in [6.07, 6.45) is 2.85. The lowest BCUT2D eigenvalue weighted by Crippen LogP contribution is -2.03. The van der Waals surface area contributed by atoms with E-state index in [9.17, 15) is 4.79 Å². The molecule has 2 unspecified atom stereocenters. The van der Waals surface area contributed by atoms with Crippen LogP contribution in [0.2, 0.25) is 0 Å². The molecule has 1 aliphatic rings. The van der Waals surface area contributed by atoms with Gasteiger partial charge in [-0.05, 0) is 0 Å². The van der Waals surface area contributed by atoms with Gasteiger partial charge in [0, 0.05) is 15.0 Å². The van der Waals surface area contributed by atoms with Crippen LogP contribution in [0.15, 0.2) is 11.0 Å². The molecule has 0 aromatic carbocycles. The second kappa shape index (κ2) is 2.88. The molecule has 0 N–H and O–H groups in total. The standard InChI is InChI=1S/C6H7BrOS/c1-4-6(7)2-5(3-8)9-4/h2-4,6H,1H3. The zero-order valence-corrected chi connectivity index (χ0v) is 7.41. The van der Waals surface area contributed by atoms with Crippen molar-refractivity contribution in [3.63, 3.8) is 0 Å². The quantitative estimate of drug-likeness (QED) is 0.483. The molecule has 0 bridgehead atoms. The molecule has 0 aliphatic carbocycles. The van der Waals surface area contributed by atoms with Crippen LogP contribution < -0.4 is 0 Å². The molecule has 0 saturated heterocycles. The monoisotopic (exact) mass is 206 g/mol. The Morgan fingerprint density at radius 1 is 1.89 bits per heavy atom. The average Bonchev–Trinajstić information content (AvgIpc) is 2.13. The smallest absolute Gasteiger partial charge is 0.156 e. The van der Waals surface area contributed by atoms with E-state index in [2.05, 4.69) is 22.9 Å². The first-order valence-corrected chi connectivity index (χ1v) is 4.51. The molecule has 9 heavy (non-hydrogen) atoms. The number of carbonyl (C=O) groups excluding carboxylic acids is 1. The Hall–Kier alpha value is 0.240. The van der Waals surface area contributed by atoms with Crippen LogP contribution in [0, 0.1) is 0 Å². The Morgan fingerprint density at radius 3 is 2.78 bits per heavy atom. The van der Waals surface area contributed by atoms with Crippen LogP contribution in [0.5, 0.6) is 0 Å². The third-order valence-electron chi connectivity index (χ3n) is 1.21. The Kier molecular flexibility index (Phi) is 2.35. The highest BCUT2D eigenvalue weighted by atomic mass is 79.9. The Labute approximate surface area is 67.0 Å². The fraction of sp³-hybridized carbons (Fsp3) is 0.500. The fourth-order valence-corrected chi connectivity index (χ4v) is 2.38. The first-order valence-electron chi connectivity index (χ1n) is 2.72. The van der Waals surface area contributed by atoms with Gasteiger partial charge in [-0.15, -0.1) is 11.8 Å². The van der Waals surface area contributed by atoms with Crippen LogP contribution >= 0.6 is 27.7 Å². The minimum absolute atomic E-state index is 0.377. The van der Waals surface area contributed by atoms with Crippen molar-refractivity contribution >= 4 is 34.0 Å². The van der Waals surface area contributed by atoms with Crippen molar-refractivity contribution in [1.29, 1.82) is 0 Å². The molecule has 0 aromatic heterocycles. The van der Waals surface area contributed by atoms with Crippen molar-refractivity contribution in [2.75, 3.05) is 0 Å². The maximum atomic E-state index is 10.2. The maximum absolute atomic E-state index is 10.2. The molecule has 0 radical (unpaired) electrons. The number of aldehydes is 1. The normalized spacial score (nSPS) is 34.2. The summed E-state index contributed by atoms with van der Waals surface area (Å²) in [5.41, 5.74) is 0. The Balaban J connectivity index is 2.62. The third kappa shape index (κ3) is 1.58. The highest BCUT2D eigenvalue weighted by Crippen LogP contribution is 2.34. The van der Waals surface area contributed by atoms with E-state index in [0.29, 0.717) is 10.1 Å². The molecule has 1 aliphatic heterocycles. The molecule has 0 fully saturated rings. The number of halogens is 1. The Morgan fingerprint density at radius 2 is 2.56 bits per heavy atom. The number of rotatable bonds is 1. The largest absolute Gasteiger partial charge is 0.297 e. The van der Waals surface area contributed by atoms with Crippen LogP contribution in [0.3, 0.4) is 0 Å². The molecule has 3 heteroatoms. The molecule has 2 atom stereocenters. The van der Waals surface area contributed by atoms with Gasteiger partial charge in [0.25, 0.3) is 0 Å². The zero-order valence-electron chi connectivity index (χ0n) is 5.00. The summed E-state index contributed by atoms with van der Waals surface area (Å²) in [6, 6.07) is 0. The molecule has 0 saturated carbocycles. The van der Waals surface area contributed by atoms with Crippen molar-refractivity contribution in [3.05, 3.63) is 11.0 Å². The van der Waals surface area contributed by atoms with Gasteiger partial charge in [-0.3, -0.25) is 4.79 Å². The van der Waals surface area contributed by atoms with E-state index in [-0.39, 0.29) is 0 Å². The van der Waals surface area contributed by atoms with Crippen molar-refractivity contribution in [3.8, 4) is 0 Å². The molecule has 1 rings (SSSR count). The van der Waals surface area contributed by atoms with Crippen LogP contribution in [-0.4, -0.2) is 16.4 Å². The number of hydrogen-bond acceptors (Lipinski definition) is 2. The number of hydrogen-bond donors (Lipinski definition) is 0. The zero-order chi connectivity index (χ0) is 6.85. The van der Waals surface area contributed by atoms with E-state index in [1.54, 1.807) is 11.8 Å². The Bertz CT molecular complexity index is 155. The maximum Gasteiger partial charge on any atom is 0.156 e. The van der Waals surface area contributed by atoms with E-state index < -0.39 is 0 Å². The lowest BCUT2D eigenvalue weighted by Gasteiger charge is -2.02. The minimum atomic E-state index is 0.377. The SMILES string of the molecule is CC1SC(C=O)=CC1Br. The molecule has 50 valence electrons. The van der Waals surface area contributed by atoms with Gasteiger partial charge in [0.1, 0.15) is 0 Å². The van der Waals surface area contributed by atoms with Gasteiger partial charge >= 0.3 is 0 Å². The van der Waals surface area contributed by atoms with E-state index in [0.717, 1.165) is 11.2 Å². The first-order chi connectivity index (χ1) is 4.24. The van der Waals surface area contributed by atoms with E-state index in [4.69, 9.17) is 0 Å². The van der Waals surface area contributed by atoms with E-state index >= 15 is 0 Å². The van der Waals surface area contributed by atoms with Gasteiger partial charge in [0.05, 0.1) is 0 Å². The average molecular weight is 207 g/mol. The first kappa shape index (κ1) is 7.35. The molecule has 0 aromatic rings. The lowest BCUT2D eigenvalue weighted by atomic mass is 10.3. The van der Waals surface area contributed by atoms with Crippen LogP contribution in [0.1, 0.15) is 6.92 Å². The van der Waals surface area contributed by atoms with Crippen LogP contribution in [0.25, 0.3) is 0 Å². The van der Waals surface area contributed by atoms with Crippen molar-refractivity contribution in [2.24, 2.45) is 0 Å². The van der Waals surface area contributed by atoms with E-state index in [1.165, 1.54) is 0 Å². The molecule has 1 nitrogen and oxygen atoms in total. The number of allylic oxidation sites excluding steroid dienone is 2. The minimum Gasteiger partial charge on any atom is -0.297 e. The van der Waals surface area contributed by atoms with Gasteiger partial charge in [0.2, 0.25) is 0 Å². The molecule has 0 amide bonds. The number of carbonyl (C=O) groups is 1. The number of thioether (sulfide) groups is 1. The molecular formula is C6H7BrOS. The third-order valence-corrected chi connectivity index (χ3v) is 3.79. The van der Waals surface area contributed by atoms with Gasteiger partial charge in [-0.25, -0.2) is 0 Å².